The average molecular weight is 563 g/mol. The molecule has 0 fully saturated rings. The molecule has 4 nitrogen and oxygen atoms in total. The summed E-state index contributed by atoms with van der Waals surface area (Å²) >= 11 is 0. The Bertz CT molecular complexity index is 1440. The van der Waals surface area contributed by atoms with Crippen molar-refractivity contribution >= 4 is 11.7 Å². The number of rotatable bonds is 4. The molecule has 1 N–H and O–H groups in total. The van der Waals surface area contributed by atoms with Gasteiger partial charge in [-0.3, -0.25) is 0 Å². The van der Waals surface area contributed by atoms with Gasteiger partial charge in [0.15, 0.2) is 0 Å². The van der Waals surface area contributed by atoms with E-state index in [1.54, 1.807) is 22.5 Å². The smallest absolute Gasteiger partial charge is 0.147 e. The van der Waals surface area contributed by atoms with E-state index in [0.29, 0.717) is 11.8 Å². The van der Waals surface area contributed by atoms with E-state index in [0.717, 1.165) is 55.1 Å². The number of nitrogens with one attached hydrogen (secondary N) is 1. The van der Waals surface area contributed by atoms with Gasteiger partial charge in [0.1, 0.15) is 17.8 Å². The molecule has 42 heavy (non-hydrogen) atoms. The van der Waals surface area contributed by atoms with Crippen molar-refractivity contribution in [2.24, 2.45) is 45.5 Å². The van der Waals surface area contributed by atoms with Gasteiger partial charge in [0, 0.05) is 23.2 Å². The molecule has 6 aliphatic rings. The van der Waals surface area contributed by atoms with Gasteiger partial charge in [-0.05, 0) is 105 Å². The third-order valence-corrected chi connectivity index (χ3v) is 11.2. The highest BCUT2D eigenvalue weighted by Gasteiger charge is 2.41. The fraction of sp³-hybridized carbons (Fsp3) is 0.579. The molecule has 8 atom stereocenters. The third-order valence-electron chi connectivity index (χ3n) is 11.2. The van der Waals surface area contributed by atoms with Crippen LogP contribution in [0.15, 0.2) is 70.2 Å². The molecule has 0 bridgehead atoms. The number of fused-ring (bicyclic) bond motifs is 3. The van der Waals surface area contributed by atoms with E-state index < -0.39 is 0 Å². The van der Waals surface area contributed by atoms with Crippen LogP contribution in [-0.4, -0.2) is 22.4 Å². The lowest BCUT2D eigenvalue weighted by Gasteiger charge is -2.41. The molecule has 5 aliphatic carbocycles. The Morgan fingerprint density at radius 2 is 1.74 bits per heavy atom. The highest BCUT2D eigenvalue weighted by molar-refractivity contribution is 6.02. The minimum Gasteiger partial charge on any atom is -0.348 e. The zero-order valence-corrected chi connectivity index (χ0v) is 26.4. The molecule has 1 aromatic heterocycles. The summed E-state index contributed by atoms with van der Waals surface area (Å²) in [6, 6.07) is 0. The van der Waals surface area contributed by atoms with Crippen LogP contribution in [0.5, 0.6) is 0 Å². The van der Waals surface area contributed by atoms with E-state index >= 15 is 0 Å². The van der Waals surface area contributed by atoms with Crippen molar-refractivity contribution in [1.82, 2.24) is 9.88 Å². The van der Waals surface area contributed by atoms with Crippen molar-refractivity contribution in [3.05, 3.63) is 82.8 Å². The lowest BCUT2D eigenvalue weighted by atomic mass is 9.77. The molecule has 4 heteroatoms. The van der Waals surface area contributed by atoms with Gasteiger partial charge in [0.2, 0.25) is 0 Å². The molecule has 0 spiro atoms. The predicted octanol–water partition coefficient (Wildman–Crippen LogP) is 8.05. The fourth-order valence-electron chi connectivity index (χ4n) is 8.48. The van der Waals surface area contributed by atoms with Crippen LogP contribution in [0.25, 0.3) is 0 Å². The second kappa shape index (κ2) is 11.0. The van der Waals surface area contributed by atoms with E-state index in [2.05, 4.69) is 99.2 Å². The summed E-state index contributed by atoms with van der Waals surface area (Å²) in [6.07, 6.45) is 31.2. The molecular weight excluding hydrogens is 512 g/mol. The van der Waals surface area contributed by atoms with Crippen molar-refractivity contribution in [3.8, 4) is 0 Å². The molecule has 8 unspecified atom stereocenters. The summed E-state index contributed by atoms with van der Waals surface area (Å²) < 4.78 is 2.86. The third kappa shape index (κ3) is 5.03. The molecule has 1 aromatic rings. The minimum atomic E-state index is -0.0528. The maximum absolute atomic E-state index is 5.32. The number of aromatic nitrogens is 1. The van der Waals surface area contributed by atoms with Crippen molar-refractivity contribution in [1.29, 1.82) is 0 Å². The molecule has 7 rings (SSSR count). The van der Waals surface area contributed by atoms with Crippen molar-refractivity contribution < 1.29 is 0 Å². The van der Waals surface area contributed by atoms with Crippen molar-refractivity contribution in [2.45, 2.75) is 104 Å². The van der Waals surface area contributed by atoms with Gasteiger partial charge in [0.25, 0.3) is 0 Å². The Hall–Kier alpha value is -2.88. The second-order valence-electron chi connectivity index (χ2n) is 14.8. The van der Waals surface area contributed by atoms with E-state index in [1.165, 1.54) is 37.7 Å². The minimum absolute atomic E-state index is 0.0423. The Morgan fingerprint density at radius 3 is 2.52 bits per heavy atom. The normalized spacial score (nSPS) is 37.4. The Labute approximate surface area is 253 Å². The van der Waals surface area contributed by atoms with Crippen LogP contribution in [0.2, 0.25) is 0 Å². The van der Waals surface area contributed by atoms with Gasteiger partial charge >= 0.3 is 0 Å². The van der Waals surface area contributed by atoms with E-state index in [-0.39, 0.29) is 17.6 Å². The van der Waals surface area contributed by atoms with Crippen LogP contribution < -0.4 is 5.32 Å². The lowest BCUT2D eigenvalue weighted by molar-refractivity contribution is 0.284. The van der Waals surface area contributed by atoms with Crippen LogP contribution in [0.3, 0.4) is 0 Å². The van der Waals surface area contributed by atoms with Crippen LogP contribution >= 0.6 is 0 Å². The maximum Gasteiger partial charge on any atom is 0.147 e. The van der Waals surface area contributed by atoms with Gasteiger partial charge in [-0.25, -0.2) is 9.98 Å². The summed E-state index contributed by atoms with van der Waals surface area (Å²) in [4.78, 5) is 10.5. The standard InChI is InChI=1S/C38H50N4/c1-24-13-16-29(17-14-24)36-39-35(28-10-7-6-8-11-28)40-37(41-36)30-12-9-19-38(5,23-30)42-33-20-25(2)15-18-31(33)32-21-26(3)27(4)22-34(32)42/h6-10,13,16-17,19,24-28,30,36H,11-12,14-15,18,20-23H2,1-5H3,(H,39,40,41). The van der Waals surface area contributed by atoms with Crippen LogP contribution in [0.4, 0.5) is 0 Å². The number of aliphatic imine (C=N–C) groups is 2. The summed E-state index contributed by atoms with van der Waals surface area (Å²) in [6.45, 7) is 12.2. The lowest BCUT2D eigenvalue weighted by Crippen LogP contribution is -2.47. The van der Waals surface area contributed by atoms with Gasteiger partial charge in [-0.15, -0.1) is 0 Å². The highest BCUT2D eigenvalue weighted by Crippen LogP contribution is 2.45. The fourth-order valence-corrected chi connectivity index (χ4v) is 8.48. The molecule has 0 radical (unpaired) electrons. The van der Waals surface area contributed by atoms with Crippen LogP contribution in [-0.2, 0) is 31.2 Å². The highest BCUT2D eigenvalue weighted by atomic mass is 15.2. The summed E-state index contributed by atoms with van der Waals surface area (Å²) in [7, 11) is 0. The number of hydrogen-bond donors (Lipinski definition) is 1. The number of hydrogen-bond acceptors (Lipinski definition) is 3. The number of allylic oxidation sites excluding steroid dienone is 7. The Morgan fingerprint density at radius 1 is 0.905 bits per heavy atom. The number of amidine groups is 2. The van der Waals surface area contributed by atoms with Crippen LogP contribution in [0, 0.1) is 35.5 Å². The topological polar surface area (TPSA) is 41.7 Å². The average Bonchev–Trinajstić information content (AvgIpc) is 3.30. The molecule has 0 saturated carbocycles. The molecule has 0 amide bonds. The monoisotopic (exact) mass is 562 g/mol. The Balaban J connectivity index is 1.24. The largest absolute Gasteiger partial charge is 0.348 e. The maximum atomic E-state index is 5.32. The SMILES string of the molecule is CC1C=CC(C2N=C(C3C=CC=CC3)N=C(C3CC=CC(C)(n4c5c(c6c4CC(C)C(C)C6)CCC(C)C5)C3)N2)=CC1. The first-order valence-electron chi connectivity index (χ1n) is 16.9. The molecule has 0 saturated heterocycles. The molecular formula is C38H50N4. The van der Waals surface area contributed by atoms with E-state index in [9.17, 15) is 0 Å². The predicted molar refractivity (Wildman–Crippen MR) is 176 cm³/mol. The van der Waals surface area contributed by atoms with Gasteiger partial charge in [-0.1, -0.05) is 82.4 Å². The first kappa shape index (κ1) is 27.9. The van der Waals surface area contributed by atoms with Gasteiger partial charge < -0.3 is 9.88 Å². The molecule has 1 aliphatic heterocycles. The Kier molecular flexibility index (Phi) is 7.31. The zero-order chi connectivity index (χ0) is 29.0. The summed E-state index contributed by atoms with van der Waals surface area (Å²) in [5.41, 5.74) is 7.97. The molecule has 2 heterocycles. The first-order valence-corrected chi connectivity index (χ1v) is 16.9. The van der Waals surface area contributed by atoms with Crippen molar-refractivity contribution in [2.75, 3.05) is 0 Å². The van der Waals surface area contributed by atoms with E-state index in [4.69, 9.17) is 9.98 Å². The summed E-state index contributed by atoms with van der Waals surface area (Å²) in [5.74, 6) is 5.58. The van der Waals surface area contributed by atoms with E-state index in [1.807, 2.05) is 0 Å². The van der Waals surface area contributed by atoms with Crippen molar-refractivity contribution in [3.63, 3.8) is 0 Å². The first-order chi connectivity index (χ1) is 20.3. The van der Waals surface area contributed by atoms with Crippen LogP contribution in [0.1, 0.15) is 89.2 Å². The summed E-state index contributed by atoms with van der Waals surface area (Å²) in [5, 5.41) is 3.86. The zero-order valence-electron chi connectivity index (χ0n) is 26.4. The quantitative estimate of drug-likeness (QED) is 0.371. The number of nitrogens with zero attached hydrogens (tertiary/aromatic N) is 3. The second-order valence-corrected chi connectivity index (χ2v) is 14.8. The molecule has 0 aromatic carbocycles. The van der Waals surface area contributed by atoms with Gasteiger partial charge in [-0.2, -0.15) is 0 Å². The molecule has 222 valence electrons. The van der Waals surface area contributed by atoms with Gasteiger partial charge in [0.05, 0.1) is 5.54 Å².